The smallest absolute Gasteiger partial charge is 0.148 e. The van der Waals surface area contributed by atoms with Gasteiger partial charge in [0, 0.05) is 27.9 Å². The van der Waals surface area contributed by atoms with Crippen LogP contribution in [-0.2, 0) is 9.53 Å². The minimum absolute atomic E-state index is 0.0529. The van der Waals surface area contributed by atoms with Crippen molar-refractivity contribution in [3.05, 3.63) is 53.2 Å². The molecule has 3 nitrogen and oxygen atoms in total. The fraction of sp³-hybridized carbons (Fsp3) is 0.522. The van der Waals surface area contributed by atoms with Crippen molar-refractivity contribution < 1.29 is 13.9 Å². The molecule has 1 aliphatic heterocycles. The van der Waals surface area contributed by atoms with Gasteiger partial charge >= 0.3 is 0 Å². The molecule has 3 fully saturated rings. The summed E-state index contributed by atoms with van der Waals surface area (Å²) in [5.74, 6) is 4.65. The molecule has 5 heteroatoms. The van der Waals surface area contributed by atoms with Crippen LogP contribution in [0.5, 0.6) is 0 Å². The number of allylic oxidation sites excluding steroid dienone is 3. The number of ketones is 1. The van der Waals surface area contributed by atoms with Crippen molar-refractivity contribution in [3.8, 4) is 0 Å². The normalized spacial score (nSPS) is 50.6. The van der Waals surface area contributed by atoms with Gasteiger partial charge in [0.05, 0.1) is 11.7 Å². The lowest BCUT2D eigenvalue weighted by atomic mass is 9.64. The lowest BCUT2D eigenvalue weighted by Gasteiger charge is -2.45. The predicted octanol–water partition coefficient (Wildman–Crippen LogP) is 5.13. The highest BCUT2D eigenvalue weighted by Crippen LogP contribution is 2.77. The topological polar surface area (TPSA) is 39.4 Å². The quantitative estimate of drug-likeness (QED) is 0.525. The van der Waals surface area contributed by atoms with Gasteiger partial charge in [-0.05, 0) is 66.0 Å². The molecule has 0 N–H and O–H groups in total. The zero-order chi connectivity index (χ0) is 18.8. The van der Waals surface area contributed by atoms with Crippen LogP contribution in [0.3, 0.4) is 0 Å². The molecular weight excluding hydrogens is 484 g/mol. The lowest BCUT2D eigenvalue weighted by Crippen LogP contribution is -2.48. The van der Waals surface area contributed by atoms with E-state index in [1.807, 2.05) is 12.1 Å². The molecule has 1 aromatic rings. The Hall–Kier alpha value is -1.07. The van der Waals surface area contributed by atoms with E-state index in [0.717, 1.165) is 17.5 Å². The van der Waals surface area contributed by atoms with Crippen molar-refractivity contribution in [2.75, 3.05) is 5.33 Å². The Kier molecular flexibility index (Phi) is 3.19. The first kappa shape index (κ1) is 16.7. The Bertz CT molecular complexity index is 989. The molecule has 5 aliphatic carbocycles. The Morgan fingerprint density at radius 3 is 3.04 bits per heavy atom. The number of ether oxygens (including phenoxy) is 1. The summed E-state index contributed by atoms with van der Waals surface area (Å²) in [6, 6.07) is 3.90. The summed E-state index contributed by atoms with van der Waals surface area (Å²) in [5, 5.41) is 0.783. The average Bonchev–Trinajstić information content (AvgIpc) is 3.46. The number of carbonyl (C=O) groups excluding carboxylic acids is 1. The third-order valence-electron chi connectivity index (χ3n) is 8.59. The molecule has 0 aromatic carbocycles. The van der Waals surface area contributed by atoms with Gasteiger partial charge in [-0.1, -0.05) is 37.9 Å². The number of alkyl halides is 2. The van der Waals surface area contributed by atoms with Crippen LogP contribution in [0, 0.1) is 40.9 Å². The van der Waals surface area contributed by atoms with Gasteiger partial charge in [0.15, 0.2) is 0 Å². The first-order valence-electron chi connectivity index (χ1n) is 10.2. The van der Waals surface area contributed by atoms with E-state index in [1.54, 1.807) is 6.26 Å². The van der Waals surface area contributed by atoms with Gasteiger partial charge < -0.3 is 9.15 Å². The Morgan fingerprint density at radius 1 is 1.36 bits per heavy atom. The molecule has 3 saturated carbocycles. The summed E-state index contributed by atoms with van der Waals surface area (Å²) in [6.45, 7) is 0. The monoisotopic (exact) mass is 502 g/mol. The summed E-state index contributed by atoms with van der Waals surface area (Å²) >= 11 is 7.76. The molecule has 0 saturated heterocycles. The molecule has 9 atom stereocenters. The fourth-order valence-corrected chi connectivity index (χ4v) is 9.91. The second-order valence-corrected chi connectivity index (χ2v) is 10.9. The summed E-state index contributed by atoms with van der Waals surface area (Å²) < 4.78 is 12.2. The number of Topliss-reactive ketones (excluding diaryl/α,β-unsaturated/α-hetero) is 1. The van der Waals surface area contributed by atoms with Crippen LogP contribution >= 0.6 is 31.9 Å². The van der Waals surface area contributed by atoms with Gasteiger partial charge in [-0.25, -0.2) is 0 Å². The summed E-state index contributed by atoms with van der Waals surface area (Å²) in [5.41, 5.74) is 2.36. The second-order valence-electron chi connectivity index (χ2n) is 9.32. The third-order valence-corrected chi connectivity index (χ3v) is 10.8. The Morgan fingerprint density at radius 2 is 2.25 bits per heavy atom. The number of halogens is 2. The van der Waals surface area contributed by atoms with Gasteiger partial charge in [0.1, 0.15) is 23.4 Å². The second kappa shape index (κ2) is 5.34. The van der Waals surface area contributed by atoms with E-state index in [1.165, 1.54) is 23.3 Å². The molecule has 144 valence electrons. The van der Waals surface area contributed by atoms with Gasteiger partial charge in [-0.3, -0.25) is 4.79 Å². The Balaban J connectivity index is 1.34. The minimum Gasteiger partial charge on any atom is -0.490 e. The van der Waals surface area contributed by atoms with Crippen LogP contribution in [0.25, 0.3) is 6.08 Å². The molecule has 28 heavy (non-hydrogen) atoms. The van der Waals surface area contributed by atoms with Crippen LogP contribution in [0.4, 0.5) is 0 Å². The van der Waals surface area contributed by atoms with Crippen LogP contribution in [0.15, 0.2) is 51.9 Å². The number of carbonyl (C=O) groups is 1. The van der Waals surface area contributed by atoms with E-state index in [4.69, 9.17) is 9.15 Å². The molecule has 2 heterocycles. The zero-order valence-corrected chi connectivity index (χ0v) is 18.4. The van der Waals surface area contributed by atoms with Crippen LogP contribution in [-0.4, -0.2) is 22.0 Å². The molecule has 0 radical (unpaired) electrons. The van der Waals surface area contributed by atoms with E-state index in [2.05, 4.69) is 50.1 Å². The lowest BCUT2D eigenvalue weighted by molar-refractivity contribution is -0.132. The molecule has 5 bridgehead atoms. The van der Waals surface area contributed by atoms with Gasteiger partial charge in [0.2, 0.25) is 0 Å². The van der Waals surface area contributed by atoms with Crippen LogP contribution < -0.4 is 0 Å². The molecule has 6 aliphatic rings. The zero-order valence-electron chi connectivity index (χ0n) is 15.2. The first-order valence-corrected chi connectivity index (χ1v) is 12.3. The highest BCUT2D eigenvalue weighted by Gasteiger charge is 2.79. The van der Waals surface area contributed by atoms with E-state index < -0.39 is 0 Å². The Labute approximate surface area is 180 Å². The standard InChI is InChI=1S/C23H20Br2O3/c24-9-23-15-8-14-19(23)21-13(17(22(23)26)18(15)20(14)25)7-12-10(3-4-16(12)28-21)6-11-2-1-5-27-11/h1-6,12,14-20H,7-9H2/b10-6-. The number of hydrogen-bond acceptors (Lipinski definition) is 3. The van der Waals surface area contributed by atoms with Crippen molar-refractivity contribution in [3.63, 3.8) is 0 Å². The highest BCUT2D eigenvalue weighted by atomic mass is 79.9. The SMILES string of the molecule is O=C1C2C3=C(OC4C=C/C(=C/c5ccco5)C4C3)C3C4CC(C2C4Br)C13CBr. The van der Waals surface area contributed by atoms with E-state index >= 15 is 0 Å². The fourth-order valence-electron chi connectivity index (χ4n) is 7.67. The van der Waals surface area contributed by atoms with Crippen LogP contribution in [0.1, 0.15) is 18.6 Å². The largest absolute Gasteiger partial charge is 0.490 e. The first-order chi connectivity index (χ1) is 13.6. The molecule has 0 spiro atoms. The molecule has 1 aromatic heterocycles. The van der Waals surface area contributed by atoms with Crippen molar-refractivity contribution in [2.24, 2.45) is 40.9 Å². The third kappa shape index (κ3) is 1.69. The summed E-state index contributed by atoms with van der Waals surface area (Å²) in [6.07, 6.45) is 10.4. The predicted molar refractivity (Wildman–Crippen MR) is 112 cm³/mol. The number of hydrogen-bond donors (Lipinski definition) is 0. The van der Waals surface area contributed by atoms with Gasteiger partial charge in [-0.2, -0.15) is 0 Å². The van der Waals surface area contributed by atoms with Crippen molar-refractivity contribution in [2.45, 2.75) is 23.8 Å². The summed E-state index contributed by atoms with van der Waals surface area (Å²) in [4.78, 5) is 14.1. The van der Waals surface area contributed by atoms with Gasteiger partial charge in [-0.15, -0.1) is 0 Å². The minimum atomic E-state index is -0.217. The van der Waals surface area contributed by atoms with Crippen molar-refractivity contribution in [1.29, 1.82) is 0 Å². The average molecular weight is 504 g/mol. The molecular formula is C23H20Br2O3. The maximum absolute atomic E-state index is 13.7. The number of fused-ring (bicyclic) bond motifs is 5. The van der Waals surface area contributed by atoms with E-state index in [-0.39, 0.29) is 23.4 Å². The van der Waals surface area contributed by atoms with E-state index in [0.29, 0.717) is 34.3 Å². The highest BCUT2D eigenvalue weighted by molar-refractivity contribution is 9.09. The number of rotatable bonds is 2. The molecule has 9 unspecified atom stereocenters. The van der Waals surface area contributed by atoms with Gasteiger partial charge in [0.25, 0.3) is 0 Å². The molecule has 0 amide bonds. The summed E-state index contributed by atoms with van der Waals surface area (Å²) in [7, 11) is 0. The maximum Gasteiger partial charge on any atom is 0.148 e. The van der Waals surface area contributed by atoms with Crippen LogP contribution in [0.2, 0.25) is 0 Å². The van der Waals surface area contributed by atoms with Crippen molar-refractivity contribution >= 4 is 43.7 Å². The number of furan rings is 1. The van der Waals surface area contributed by atoms with E-state index in [9.17, 15) is 4.79 Å². The maximum atomic E-state index is 13.7. The molecule has 7 rings (SSSR count). The van der Waals surface area contributed by atoms with Crippen molar-refractivity contribution in [1.82, 2.24) is 0 Å².